The van der Waals surface area contributed by atoms with E-state index >= 15 is 0 Å². The number of ether oxygens (including phenoxy) is 2. The minimum atomic E-state index is -3.16. The number of hydrogen-bond donors (Lipinski definition) is 0. The van der Waals surface area contributed by atoms with Gasteiger partial charge in [-0.15, -0.1) is 0 Å². The van der Waals surface area contributed by atoms with Crippen LogP contribution >= 0.6 is 0 Å². The highest BCUT2D eigenvalue weighted by Crippen LogP contribution is 2.13. The van der Waals surface area contributed by atoms with Crippen LogP contribution in [-0.2, 0) is 25.9 Å². The molecule has 1 aromatic heterocycles. The zero-order valence-corrected chi connectivity index (χ0v) is 24.3. The molecule has 0 aromatic carbocycles. The third-order valence-corrected chi connectivity index (χ3v) is 8.66. The van der Waals surface area contributed by atoms with Crippen molar-refractivity contribution in [2.45, 2.75) is 129 Å². The number of hydrogen-bond acceptors (Lipinski definition) is 4. The van der Waals surface area contributed by atoms with Crippen molar-refractivity contribution in [2.24, 2.45) is 0 Å². The van der Waals surface area contributed by atoms with Crippen molar-refractivity contribution in [1.82, 2.24) is 0 Å². The van der Waals surface area contributed by atoms with Crippen molar-refractivity contribution >= 4 is 9.84 Å². The van der Waals surface area contributed by atoms with Crippen LogP contribution in [0.1, 0.15) is 116 Å². The van der Waals surface area contributed by atoms with Gasteiger partial charge in [-0.3, -0.25) is 0 Å². The molecule has 1 atom stereocenters. The fourth-order valence-corrected chi connectivity index (χ4v) is 6.10. The Kier molecular flexibility index (Phi) is 21.3. The molecule has 0 saturated carbocycles. The molecule has 0 amide bonds. The van der Waals surface area contributed by atoms with Crippen molar-refractivity contribution in [1.29, 1.82) is 0 Å². The van der Waals surface area contributed by atoms with Crippen LogP contribution in [0.2, 0.25) is 0 Å². The Balaban J connectivity index is 1.90. The van der Waals surface area contributed by atoms with Gasteiger partial charge in [0.05, 0.1) is 24.2 Å². The molecule has 0 spiro atoms. The fourth-order valence-electron chi connectivity index (χ4n) is 4.57. The Morgan fingerprint density at radius 3 is 1.69 bits per heavy atom. The highest BCUT2D eigenvalue weighted by atomic mass is 32.2. The molecule has 5 nitrogen and oxygen atoms in total. The van der Waals surface area contributed by atoms with E-state index in [-0.39, 0.29) is 17.6 Å². The number of aryl methyl sites for hydroxylation is 1. The van der Waals surface area contributed by atoms with Gasteiger partial charge in [-0.1, -0.05) is 109 Å². The molecule has 0 aliphatic carbocycles. The first-order valence-corrected chi connectivity index (χ1v) is 16.6. The molecule has 0 fully saturated rings. The van der Waals surface area contributed by atoms with Crippen molar-refractivity contribution in [3.05, 3.63) is 30.6 Å². The van der Waals surface area contributed by atoms with Crippen molar-refractivity contribution < 1.29 is 22.5 Å². The molecule has 6 heteroatoms. The minimum Gasteiger partial charge on any atom is -0.379 e. The maximum Gasteiger partial charge on any atom is 0.168 e. The molecule has 1 aromatic rings. The van der Waals surface area contributed by atoms with E-state index in [9.17, 15) is 8.42 Å². The third-order valence-electron chi connectivity index (χ3n) is 6.87. The molecule has 0 bridgehead atoms. The molecule has 0 saturated heterocycles. The first kappa shape index (κ1) is 33.0. The van der Waals surface area contributed by atoms with Gasteiger partial charge < -0.3 is 9.47 Å². The van der Waals surface area contributed by atoms with Gasteiger partial charge in [-0.25, -0.2) is 13.0 Å². The molecule has 0 aliphatic heterocycles. The van der Waals surface area contributed by atoms with Crippen LogP contribution in [0, 0.1) is 0 Å². The molecule has 1 rings (SSSR count). The average Bonchev–Trinajstić information content (AvgIpc) is 2.87. The van der Waals surface area contributed by atoms with Gasteiger partial charge >= 0.3 is 0 Å². The first-order chi connectivity index (χ1) is 17.6. The molecular weight excluding hydrogens is 470 g/mol. The van der Waals surface area contributed by atoms with E-state index in [1.165, 1.54) is 96.3 Å². The van der Waals surface area contributed by atoms with E-state index in [1.807, 2.05) is 35.2 Å². The maximum atomic E-state index is 12.4. The molecule has 36 heavy (non-hydrogen) atoms. The number of nitrogens with zero attached hydrogens (tertiary/aromatic N) is 1. The van der Waals surface area contributed by atoms with Gasteiger partial charge in [-0.2, -0.15) is 0 Å². The Labute approximate surface area is 223 Å². The predicted octanol–water partition coefficient (Wildman–Crippen LogP) is 7.07. The summed E-state index contributed by atoms with van der Waals surface area (Å²) in [5, 5.41) is 0. The van der Waals surface area contributed by atoms with E-state index in [2.05, 4.69) is 6.92 Å². The number of rotatable bonds is 26. The minimum absolute atomic E-state index is 0.0297. The Morgan fingerprint density at radius 1 is 0.694 bits per heavy atom. The summed E-state index contributed by atoms with van der Waals surface area (Å²) in [4.78, 5) is 0. The second-order valence-electron chi connectivity index (χ2n) is 10.3. The molecular formula is C30H56NO4S+. The number of sulfone groups is 1. The lowest BCUT2D eigenvalue weighted by Crippen LogP contribution is -2.34. The number of pyridine rings is 1. The highest BCUT2D eigenvalue weighted by molar-refractivity contribution is 7.91. The lowest BCUT2D eigenvalue weighted by molar-refractivity contribution is -0.696. The number of unbranched alkanes of at least 4 members (excludes halogenated alkanes) is 15. The van der Waals surface area contributed by atoms with Gasteiger partial charge in [0.25, 0.3) is 0 Å². The third kappa shape index (κ3) is 20.1. The molecule has 0 aliphatic rings. The standard InChI is InChI=1S/C30H56NO4S/c1-3-4-5-6-7-8-9-10-11-12-13-14-15-16-17-21-26-35-28-30(34-2)29-36(32,33)27-22-25-31-23-19-18-20-24-31/h18-20,23-24,30H,3-17,21-22,25-29H2,1-2H3/q+1. The summed E-state index contributed by atoms with van der Waals surface area (Å²) >= 11 is 0. The van der Waals surface area contributed by atoms with Crippen LogP contribution in [0.25, 0.3) is 0 Å². The summed E-state index contributed by atoms with van der Waals surface area (Å²) in [7, 11) is -1.59. The summed E-state index contributed by atoms with van der Waals surface area (Å²) in [6.45, 7) is 4.01. The second kappa shape index (κ2) is 23.2. The second-order valence-corrected chi connectivity index (χ2v) is 12.5. The van der Waals surface area contributed by atoms with Crippen LogP contribution < -0.4 is 4.57 Å². The quantitative estimate of drug-likeness (QED) is 0.0956. The van der Waals surface area contributed by atoms with E-state index < -0.39 is 9.84 Å². The van der Waals surface area contributed by atoms with E-state index in [0.717, 1.165) is 6.42 Å². The summed E-state index contributed by atoms with van der Waals surface area (Å²) in [6, 6.07) is 5.86. The Hall–Kier alpha value is -0.980. The maximum absolute atomic E-state index is 12.4. The van der Waals surface area contributed by atoms with Crippen LogP contribution in [0.3, 0.4) is 0 Å². The van der Waals surface area contributed by atoms with E-state index in [1.54, 1.807) is 7.11 Å². The monoisotopic (exact) mass is 526 g/mol. The average molecular weight is 527 g/mol. The summed E-state index contributed by atoms with van der Waals surface area (Å²) in [5.41, 5.74) is 0. The lowest BCUT2D eigenvalue weighted by Gasteiger charge is -2.15. The molecule has 210 valence electrons. The van der Waals surface area contributed by atoms with Gasteiger partial charge in [-0.05, 0) is 6.42 Å². The van der Waals surface area contributed by atoms with Crippen LogP contribution in [0.15, 0.2) is 30.6 Å². The van der Waals surface area contributed by atoms with Crippen LogP contribution in [-0.4, -0.2) is 46.4 Å². The SMILES string of the molecule is CCCCCCCCCCCCCCCCCCOCC(CS(=O)(=O)CCC[n+]1ccccc1)OC. The smallest absolute Gasteiger partial charge is 0.168 e. The topological polar surface area (TPSA) is 56.5 Å². The summed E-state index contributed by atoms with van der Waals surface area (Å²) in [5.74, 6) is 0.204. The van der Waals surface area contributed by atoms with Crippen LogP contribution in [0.4, 0.5) is 0 Å². The molecule has 1 unspecified atom stereocenters. The Morgan fingerprint density at radius 2 is 1.19 bits per heavy atom. The zero-order chi connectivity index (χ0) is 26.2. The lowest BCUT2D eigenvalue weighted by atomic mass is 10.0. The molecule has 0 N–H and O–H groups in total. The van der Waals surface area contributed by atoms with Crippen molar-refractivity contribution in [2.75, 3.05) is 31.8 Å². The van der Waals surface area contributed by atoms with Crippen molar-refractivity contribution in [3.8, 4) is 0 Å². The van der Waals surface area contributed by atoms with E-state index in [0.29, 0.717) is 26.2 Å². The molecule has 0 radical (unpaired) electrons. The van der Waals surface area contributed by atoms with Gasteiger partial charge in [0.2, 0.25) is 0 Å². The predicted molar refractivity (Wildman–Crippen MR) is 151 cm³/mol. The van der Waals surface area contributed by atoms with Crippen LogP contribution in [0.5, 0.6) is 0 Å². The normalized spacial score (nSPS) is 12.7. The largest absolute Gasteiger partial charge is 0.379 e. The summed E-state index contributed by atoms with van der Waals surface area (Å²) < 4.78 is 38.0. The number of aromatic nitrogens is 1. The number of methoxy groups -OCH3 is 1. The zero-order valence-electron chi connectivity index (χ0n) is 23.5. The Bertz CT molecular complexity index is 696. The highest BCUT2D eigenvalue weighted by Gasteiger charge is 2.19. The van der Waals surface area contributed by atoms with Gasteiger partial charge in [0.1, 0.15) is 6.54 Å². The molecule has 1 heterocycles. The van der Waals surface area contributed by atoms with Gasteiger partial charge in [0.15, 0.2) is 22.2 Å². The van der Waals surface area contributed by atoms with Crippen molar-refractivity contribution in [3.63, 3.8) is 0 Å². The first-order valence-electron chi connectivity index (χ1n) is 14.8. The van der Waals surface area contributed by atoms with E-state index in [4.69, 9.17) is 9.47 Å². The summed E-state index contributed by atoms with van der Waals surface area (Å²) in [6.07, 6.45) is 25.8. The fraction of sp³-hybridized carbons (Fsp3) is 0.833. The van der Waals surface area contributed by atoms with Gasteiger partial charge in [0, 0.05) is 32.3 Å².